The van der Waals surface area contributed by atoms with Gasteiger partial charge in [0.25, 0.3) is 0 Å². The van der Waals surface area contributed by atoms with Gasteiger partial charge < -0.3 is 0 Å². The van der Waals surface area contributed by atoms with Gasteiger partial charge in [-0.3, -0.25) is 0 Å². The average molecular weight is 344 g/mol. The zero-order valence-corrected chi connectivity index (χ0v) is 13.9. The molecule has 0 amide bonds. The summed E-state index contributed by atoms with van der Waals surface area (Å²) >= 11 is -1.69. The molecular formula is C15H17InO2. The Kier molecular flexibility index (Phi) is 4.33. The Labute approximate surface area is 116 Å². The van der Waals surface area contributed by atoms with E-state index in [4.69, 9.17) is 0 Å². The van der Waals surface area contributed by atoms with Crippen LogP contribution in [0.25, 0.3) is 9.41 Å². The number of hydrogen-bond acceptors (Lipinski definition) is 1. The summed E-state index contributed by atoms with van der Waals surface area (Å²) in [4.78, 5) is 11.3. The van der Waals surface area contributed by atoms with E-state index in [9.17, 15) is 9.90 Å². The van der Waals surface area contributed by atoms with Crippen LogP contribution in [0, 0.1) is 0 Å². The second-order valence-corrected chi connectivity index (χ2v) is 13.4. The second-order valence-electron chi connectivity index (χ2n) is 4.81. The molecule has 0 unspecified atom stereocenters. The molecule has 2 nitrogen and oxygen atoms in total. The third-order valence-corrected chi connectivity index (χ3v) is 11.8. The van der Waals surface area contributed by atoms with E-state index >= 15 is 0 Å². The Hall–Kier alpha value is -0.960. The van der Waals surface area contributed by atoms with Crippen molar-refractivity contribution in [1.82, 2.24) is 0 Å². The van der Waals surface area contributed by atoms with Crippen molar-refractivity contribution in [3.63, 3.8) is 0 Å². The van der Waals surface area contributed by atoms with Gasteiger partial charge in [-0.1, -0.05) is 0 Å². The van der Waals surface area contributed by atoms with Crippen LogP contribution in [-0.4, -0.2) is 32.5 Å². The summed E-state index contributed by atoms with van der Waals surface area (Å²) in [5.41, 5.74) is 2.39. The first-order chi connectivity index (χ1) is 8.63. The van der Waals surface area contributed by atoms with E-state index in [0.717, 1.165) is 17.5 Å². The minimum atomic E-state index is -1.69. The van der Waals surface area contributed by atoms with Crippen molar-refractivity contribution in [2.45, 2.75) is 21.7 Å². The number of carboxylic acid groups (broad SMARTS) is 1. The van der Waals surface area contributed by atoms with E-state index in [1.807, 2.05) is 12.1 Å². The summed E-state index contributed by atoms with van der Waals surface area (Å²) in [7, 11) is 0. The third kappa shape index (κ3) is 2.72. The molecule has 0 aromatic heterocycles. The first-order valence-electron chi connectivity index (χ1n) is 6.33. The number of aromatic carboxylic acids is 1. The summed E-state index contributed by atoms with van der Waals surface area (Å²) in [6.07, 6.45) is 6.43. The van der Waals surface area contributed by atoms with Gasteiger partial charge in [0.1, 0.15) is 0 Å². The molecule has 1 aromatic carbocycles. The van der Waals surface area contributed by atoms with E-state index in [1.165, 1.54) is 13.9 Å². The maximum absolute atomic E-state index is 11.3. The number of hydrogen-bond donors (Lipinski definition) is 1. The Morgan fingerprint density at radius 2 is 2.28 bits per heavy atom. The molecule has 0 spiro atoms. The molecule has 1 aromatic rings. The fraction of sp³-hybridized carbons (Fsp3) is 0.267. The Morgan fingerprint density at radius 3 is 2.89 bits per heavy atom. The van der Waals surface area contributed by atoms with Gasteiger partial charge in [0.15, 0.2) is 0 Å². The Morgan fingerprint density at radius 1 is 1.50 bits per heavy atom. The van der Waals surface area contributed by atoms with Crippen molar-refractivity contribution >= 4 is 36.8 Å². The standard InChI is InChI=1S/C14H14O2.CH3.In/c1-3-5-6-7-12-10-11(4-2)8-9-13(12)14(15)16;;/h4,6,8-10H,1-3,5H2,(H,15,16);1H3;. The molecule has 92 valence electrons. The van der Waals surface area contributed by atoms with Gasteiger partial charge in [-0.15, -0.1) is 0 Å². The van der Waals surface area contributed by atoms with Gasteiger partial charge in [-0.25, -0.2) is 0 Å². The third-order valence-electron chi connectivity index (χ3n) is 3.56. The van der Waals surface area contributed by atoms with Crippen molar-refractivity contribution in [1.29, 1.82) is 0 Å². The quantitative estimate of drug-likeness (QED) is 0.904. The van der Waals surface area contributed by atoms with Crippen LogP contribution in [-0.2, 0) is 0 Å². The zero-order valence-electron chi connectivity index (χ0n) is 10.6. The van der Waals surface area contributed by atoms with Crippen LogP contribution < -0.4 is 0 Å². The molecule has 2 rings (SSSR count). The van der Waals surface area contributed by atoms with Crippen molar-refractivity contribution < 1.29 is 9.90 Å². The van der Waals surface area contributed by atoms with Gasteiger partial charge >= 0.3 is 116 Å². The Balaban J connectivity index is 2.56. The molecule has 0 saturated heterocycles. The van der Waals surface area contributed by atoms with Crippen molar-refractivity contribution in [2.24, 2.45) is 0 Å². The Bertz CT molecular complexity index is 517. The summed E-state index contributed by atoms with van der Waals surface area (Å²) in [6, 6.07) is 5.52. The van der Waals surface area contributed by atoms with Crippen molar-refractivity contribution in [2.75, 3.05) is 0 Å². The van der Waals surface area contributed by atoms with Crippen molar-refractivity contribution in [3.8, 4) is 0 Å². The molecule has 3 heteroatoms. The minimum absolute atomic E-state index is 0.442. The van der Waals surface area contributed by atoms with Crippen LogP contribution in [0.2, 0.25) is 8.86 Å². The molecule has 0 saturated carbocycles. The predicted molar refractivity (Wildman–Crippen MR) is 77.1 cm³/mol. The summed E-state index contributed by atoms with van der Waals surface area (Å²) < 4.78 is 5.09. The first kappa shape index (κ1) is 13.5. The molecule has 18 heavy (non-hydrogen) atoms. The SMILES string of the molecule is C=Cc1ccc(C(=O)O)c([C]2=CCC[CH2][In]2[CH3])c1. The molecule has 1 aliphatic heterocycles. The summed E-state index contributed by atoms with van der Waals surface area (Å²) in [5, 5.41) is 9.32. The van der Waals surface area contributed by atoms with Crippen LogP contribution >= 0.6 is 0 Å². The molecule has 1 N–H and O–H groups in total. The molecule has 0 bridgehead atoms. The van der Waals surface area contributed by atoms with E-state index in [1.54, 1.807) is 12.1 Å². The molecular weight excluding hydrogens is 327 g/mol. The average Bonchev–Trinajstić information content (AvgIpc) is 2.38. The molecule has 0 atom stereocenters. The normalized spacial score (nSPS) is 15.2. The number of benzene rings is 1. The fourth-order valence-electron chi connectivity index (χ4n) is 2.53. The maximum atomic E-state index is 11.3. The van der Waals surface area contributed by atoms with Gasteiger partial charge in [0, 0.05) is 0 Å². The molecule has 0 radical (unpaired) electrons. The number of rotatable bonds is 3. The van der Waals surface area contributed by atoms with Crippen LogP contribution in [0.15, 0.2) is 30.9 Å². The summed E-state index contributed by atoms with van der Waals surface area (Å²) in [6.45, 7) is 3.76. The fourth-order valence-corrected chi connectivity index (χ4v) is 9.66. The summed E-state index contributed by atoms with van der Waals surface area (Å²) in [5.74, 6) is -0.828. The molecule has 0 aliphatic carbocycles. The molecule has 1 aliphatic rings. The zero-order chi connectivity index (χ0) is 13.1. The number of carbonyl (C=O) groups is 1. The van der Waals surface area contributed by atoms with E-state index < -0.39 is 27.4 Å². The van der Waals surface area contributed by atoms with Crippen LogP contribution in [0.5, 0.6) is 0 Å². The van der Waals surface area contributed by atoms with Gasteiger partial charge in [-0.2, -0.15) is 0 Å². The van der Waals surface area contributed by atoms with E-state index in [2.05, 4.69) is 17.3 Å². The van der Waals surface area contributed by atoms with Gasteiger partial charge in [0.05, 0.1) is 0 Å². The second kappa shape index (κ2) is 5.79. The van der Waals surface area contributed by atoms with Crippen LogP contribution in [0.1, 0.15) is 34.3 Å². The van der Waals surface area contributed by atoms with Gasteiger partial charge in [0.2, 0.25) is 0 Å². The van der Waals surface area contributed by atoms with Crippen molar-refractivity contribution in [3.05, 3.63) is 47.5 Å². The topological polar surface area (TPSA) is 37.3 Å². The molecule has 0 fully saturated rings. The monoisotopic (exact) mass is 344 g/mol. The van der Waals surface area contributed by atoms with Crippen LogP contribution in [0.3, 0.4) is 0 Å². The number of allylic oxidation sites excluding steroid dienone is 1. The van der Waals surface area contributed by atoms with E-state index in [0.29, 0.717) is 5.56 Å². The predicted octanol–water partition coefficient (Wildman–Crippen LogP) is 3.87. The molecule has 1 heterocycles. The van der Waals surface area contributed by atoms with E-state index in [-0.39, 0.29) is 0 Å². The number of carboxylic acids is 1. The van der Waals surface area contributed by atoms with Gasteiger partial charge in [-0.05, 0) is 0 Å². The van der Waals surface area contributed by atoms with Crippen LogP contribution in [0.4, 0.5) is 0 Å². The first-order valence-corrected chi connectivity index (χ1v) is 13.6.